The summed E-state index contributed by atoms with van der Waals surface area (Å²) in [5, 5.41) is 17.1. The van der Waals surface area contributed by atoms with Gasteiger partial charge >= 0.3 is 5.97 Å². The summed E-state index contributed by atoms with van der Waals surface area (Å²) in [6.07, 6.45) is 6.15. The van der Waals surface area contributed by atoms with Crippen molar-refractivity contribution in [3.05, 3.63) is 27.9 Å². The van der Waals surface area contributed by atoms with Crippen LogP contribution in [0.5, 0.6) is 0 Å². The van der Waals surface area contributed by atoms with Crippen molar-refractivity contribution in [3.8, 4) is 0 Å². The molecule has 0 spiro atoms. The highest BCUT2D eigenvalue weighted by atomic mass is 79.9. The standard InChI is InChI=1S/C13H17BrN4O2S/c1-3-8(2)11(12(19)20)17-13-15-5-10(21-13)7-18-6-9(14)4-16-18/h4-6,8,11H,3,7H2,1-2H3,(H,15,17)(H,19,20)/t8-,11-/m0/s1. The van der Waals surface area contributed by atoms with Crippen LogP contribution in [0.25, 0.3) is 0 Å². The van der Waals surface area contributed by atoms with E-state index in [1.54, 1.807) is 17.1 Å². The highest BCUT2D eigenvalue weighted by molar-refractivity contribution is 9.10. The first-order valence-corrected chi connectivity index (χ1v) is 8.22. The van der Waals surface area contributed by atoms with Crippen LogP contribution in [0.3, 0.4) is 0 Å². The Kier molecular flexibility index (Phi) is 5.35. The first-order valence-electron chi connectivity index (χ1n) is 6.61. The van der Waals surface area contributed by atoms with Gasteiger partial charge in [-0.1, -0.05) is 20.3 Å². The van der Waals surface area contributed by atoms with Crippen molar-refractivity contribution in [1.82, 2.24) is 14.8 Å². The number of rotatable bonds is 7. The first kappa shape index (κ1) is 16.0. The molecule has 0 fully saturated rings. The maximum absolute atomic E-state index is 11.3. The molecule has 0 aromatic carbocycles. The van der Waals surface area contributed by atoms with Crippen molar-refractivity contribution in [2.75, 3.05) is 5.32 Å². The quantitative estimate of drug-likeness (QED) is 0.780. The number of aromatic nitrogens is 3. The summed E-state index contributed by atoms with van der Waals surface area (Å²) in [6.45, 7) is 4.51. The van der Waals surface area contributed by atoms with Crippen molar-refractivity contribution in [1.29, 1.82) is 0 Å². The molecule has 2 aromatic rings. The van der Waals surface area contributed by atoms with Crippen LogP contribution in [0, 0.1) is 5.92 Å². The lowest BCUT2D eigenvalue weighted by molar-refractivity contribution is -0.139. The zero-order valence-corrected chi connectivity index (χ0v) is 14.2. The number of nitrogens with one attached hydrogen (secondary N) is 1. The molecule has 2 N–H and O–H groups in total. The van der Waals surface area contributed by atoms with Gasteiger partial charge in [0, 0.05) is 17.3 Å². The van der Waals surface area contributed by atoms with E-state index < -0.39 is 12.0 Å². The SMILES string of the molecule is CC[C@H](C)[C@H](Nc1ncc(Cn2cc(Br)cn2)s1)C(=O)O. The molecule has 21 heavy (non-hydrogen) atoms. The molecule has 0 aliphatic heterocycles. The van der Waals surface area contributed by atoms with Crippen molar-refractivity contribution in [2.24, 2.45) is 5.92 Å². The molecule has 2 heterocycles. The summed E-state index contributed by atoms with van der Waals surface area (Å²) < 4.78 is 2.72. The van der Waals surface area contributed by atoms with Crippen LogP contribution in [0.1, 0.15) is 25.1 Å². The van der Waals surface area contributed by atoms with Gasteiger partial charge in [-0.2, -0.15) is 5.10 Å². The van der Waals surface area contributed by atoms with Crippen LogP contribution in [-0.4, -0.2) is 31.9 Å². The lowest BCUT2D eigenvalue weighted by Crippen LogP contribution is -2.35. The second-order valence-electron chi connectivity index (χ2n) is 4.83. The third kappa shape index (κ3) is 4.28. The van der Waals surface area contributed by atoms with Crippen LogP contribution in [0.4, 0.5) is 5.13 Å². The summed E-state index contributed by atoms with van der Waals surface area (Å²) in [7, 11) is 0. The van der Waals surface area contributed by atoms with Gasteiger partial charge in [0.2, 0.25) is 0 Å². The predicted molar refractivity (Wildman–Crippen MR) is 85.6 cm³/mol. The van der Waals surface area contributed by atoms with Crippen LogP contribution in [0.15, 0.2) is 23.1 Å². The normalized spacial score (nSPS) is 13.9. The fourth-order valence-electron chi connectivity index (χ4n) is 1.85. The molecule has 114 valence electrons. The summed E-state index contributed by atoms with van der Waals surface area (Å²) in [5.41, 5.74) is 0. The van der Waals surface area contributed by atoms with Gasteiger partial charge in [0.25, 0.3) is 0 Å². The van der Waals surface area contributed by atoms with Crippen LogP contribution in [-0.2, 0) is 11.3 Å². The summed E-state index contributed by atoms with van der Waals surface area (Å²) in [4.78, 5) is 16.6. The van der Waals surface area contributed by atoms with Gasteiger partial charge < -0.3 is 10.4 Å². The zero-order valence-electron chi connectivity index (χ0n) is 11.8. The van der Waals surface area contributed by atoms with E-state index in [0.29, 0.717) is 11.7 Å². The van der Waals surface area contributed by atoms with Crippen LogP contribution >= 0.6 is 27.3 Å². The third-order valence-electron chi connectivity index (χ3n) is 3.23. The summed E-state index contributed by atoms with van der Waals surface area (Å²) >= 11 is 4.80. The molecular formula is C13H17BrN4O2S. The van der Waals surface area contributed by atoms with Crippen LogP contribution in [0.2, 0.25) is 0 Å². The number of carboxylic acids is 1. The number of carbonyl (C=O) groups is 1. The van der Waals surface area contributed by atoms with E-state index >= 15 is 0 Å². The minimum atomic E-state index is -0.850. The maximum atomic E-state index is 11.3. The Bertz CT molecular complexity index is 613. The van der Waals surface area contributed by atoms with Gasteiger partial charge in [0.15, 0.2) is 5.13 Å². The molecule has 0 saturated carbocycles. The molecule has 8 heteroatoms. The average molecular weight is 373 g/mol. The van der Waals surface area contributed by atoms with E-state index in [4.69, 9.17) is 0 Å². The molecule has 0 unspecified atom stereocenters. The first-order chi connectivity index (χ1) is 9.99. The van der Waals surface area contributed by atoms with E-state index in [1.807, 2.05) is 20.0 Å². The Hall–Kier alpha value is -1.41. The second-order valence-corrected chi connectivity index (χ2v) is 6.86. The summed E-state index contributed by atoms with van der Waals surface area (Å²) in [6, 6.07) is -0.618. The van der Waals surface area contributed by atoms with Gasteiger partial charge in [-0.3, -0.25) is 4.68 Å². The van der Waals surface area contributed by atoms with Gasteiger partial charge in [-0.15, -0.1) is 11.3 Å². The average Bonchev–Trinajstić information content (AvgIpc) is 3.04. The van der Waals surface area contributed by atoms with Gasteiger partial charge in [0.1, 0.15) is 6.04 Å². The molecule has 0 saturated heterocycles. The van der Waals surface area contributed by atoms with E-state index in [-0.39, 0.29) is 5.92 Å². The molecule has 0 bridgehead atoms. The zero-order chi connectivity index (χ0) is 15.4. The number of thiazole rings is 1. The topological polar surface area (TPSA) is 80.0 Å². The molecule has 0 aliphatic carbocycles. The van der Waals surface area contributed by atoms with E-state index in [9.17, 15) is 9.90 Å². The largest absolute Gasteiger partial charge is 0.480 e. The Balaban J connectivity index is 2.03. The molecule has 2 aromatic heterocycles. The van der Waals surface area contributed by atoms with E-state index in [0.717, 1.165) is 15.8 Å². The lowest BCUT2D eigenvalue weighted by atomic mass is 10.00. The molecule has 0 aliphatic rings. The highest BCUT2D eigenvalue weighted by Crippen LogP contribution is 2.22. The number of hydrogen-bond donors (Lipinski definition) is 2. The fraction of sp³-hybridized carbons (Fsp3) is 0.462. The minimum Gasteiger partial charge on any atom is -0.480 e. The Morgan fingerprint density at radius 1 is 1.57 bits per heavy atom. The van der Waals surface area contributed by atoms with Crippen molar-refractivity contribution >= 4 is 38.4 Å². The number of hydrogen-bond acceptors (Lipinski definition) is 5. The number of anilines is 1. The van der Waals surface area contributed by atoms with Crippen molar-refractivity contribution < 1.29 is 9.90 Å². The Labute approximate surface area is 135 Å². The Morgan fingerprint density at radius 3 is 2.90 bits per heavy atom. The van der Waals surface area contributed by atoms with Crippen molar-refractivity contribution in [3.63, 3.8) is 0 Å². The summed E-state index contributed by atoms with van der Waals surface area (Å²) in [5.74, 6) is -0.811. The molecule has 0 amide bonds. The molecule has 2 rings (SSSR count). The molecular weight excluding hydrogens is 356 g/mol. The number of nitrogens with zero attached hydrogens (tertiary/aromatic N) is 3. The van der Waals surface area contributed by atoms with E-state index in [2.05, 4.69) is 31.3 Å². The third-order valence-corrected chi connectivity index (χ3v) is 4.55. The molecule has 6 nitrogen and oxygen atoms in total. The number of carboxylic acid groups (broad SMARTS) is 1. The fourth-order valence-corrected chi connectivity index (χ4v) is 3.02. The van der Waals surface area contributed by atoms with Gasteiger partial charge in [0.05, 0.1) is 17.2 Å². The second kappa shape index (κ2) is 7.04. The molecule has 2 atom stereocenters. The minimum absolute atomic E-state index is 0.0388. The predicted octanol–water partition coefficient (Wildman–Crippen LogP) is 3.06. The Morgan fingerprint density at radius 2 is 2.33 bits per heavy atom. The van der Waals surface area contributed by atoms with Crippen LogP contribution < -0.4 is 5.32 Å². The van der Waals surface area contributed by atoms with Crippen molar-refractivity contribution in [2.45, 2.75) is 32.9 Å². The molecule has 0 radical (unpaired) electrons. The van der Waals surface area contributed by atoms with Gasteiger partial charge in [-0.25, -0.2) is 9.78 Å². The maximum Gasteiger partial charge on any atom is 0.326 e. The van der Waals surface area contributed by atoms with E-state index in [1.165, 1.54) is 11.3 Å². The number of halogens is 1. The monoisotopic (exact) mass is 372 g/mol. The highest BCUT2D eigenvalue weighted by Gasteiger charge is 2.24. The lowest BCUT2D eigenvalue weighted by Gasteiger charge is -2.19. The smallest absolute Gasteiger partial charge is 0.326 e. The van der Waals surface area contributed by atoms with Gasteiger partial charge in [-0.05, 0) is 21.8 Å². The number of aliphatic carboxylic acids is 1.